The molecule has 0 spiro atoms. The van der Waals surface area contributed by atoms with E-state index >= 15 is 0 Å². The van der Waals surface area contributed by atoms with Crippen molar-refractivity contribution in [3.05, 3.63) is 100 Å². The number of nitrogens with zero attached hydrogens (tertiary/aromatic N) is 1. The van der Waals surface area contributed by atoms with Crippen LogP contribution in [0.15, 0.2) is 72.8 Å². The number of hydrogen-bond acceptors (Lipinski definition) is 2. The fraction of sp³-hybridized carbons (Fsp3) is 0.167. The summed E-state index contributed by atoms with van der Waals surface area (Å²) in [5, 5.41) is 3.38. The molecule has 1 aliphatic rings. The van der Waals surface area contributed by atoms with Gasteiger partial charge in [-0.1, -0.05) is 66.2 Å². The summed E-state index contributed by atoms with van der Waals surface area (Å²) < 4.78 is 0. The van der Waals surface area contributed by atoms with Crippen molar-refractivity contribution in [1.82, 2.24) is 4.90 Å². The maximum Gasteiger partial charge on any atom is 0.256 e. The molecular weight excluding hydrogens is 384 g/mol. The third-order valence-corrected chi connectivity index (χ3v) is 5.65. The first-order valence-electron chi connectivity index (χ1n) is 9.53. The lowest BCUT2D eigenvalue weighted by Crippen LogP contribution is -2.50. The summed E-state index contributed by atoms with van der Waals surface area (Å²) in [4.78, 5) is 28.2. The highest BCUT2D eigenvalue weighted by Gasteiger charge is 2.35. The highest BCUT2D eigenvalue weighted by molar-refractivity contribution is 6.33. The van der Waals surface area contributed by atoms with E-state index in [0.29, 0.717) is 23.6 Å². The Morgan fingerprint density at radius 2 is 1.59 bits per heavy atom. The molecule has 4 rings (SSSR count). The van der Waals surface area contributed by atoms with E-state index < -0.39 is 6.04 Å². The number of benzene rings is 3. The molecule has 3 aromatic carbocycles. The van der Waals surface area contributed by atoms with E-state index in [4.69, 9.17) is 11.6 Å². The van der Waals surface area contributed by atoms with Gasteiger partial charge in [-0.15, -0.1) is 0 Å². The maximum atomic E-state index is 13.3. The van der Waals surface area contributed by atoms with E-state index in [1.807, 2.05) is 55.5 Å². The van der Waals surface area contributed by atoms with Crippen LogP contribution in [-0.2, 0) is 17.8 Å². The van der Waals surface area contributed by atoms with Crippen LogP contribution < -0.4 is 5.32 Å². The zero-order valence-electron chi connectivity index (χ0n) is 16.1. The number of aryl methyl sites for hydroxylation is 1. The molecule has 0 bridgehead atoms. The van der Waals surface area contributed by atoms with Crippen LogP contribution in [-0.4, -0.2) is 22.8 Å². The van der Waals surface area contributed by atoms with Crippen LogP contribution >= 0.6 is 11.6 Å². The molecule has 3 aromatic rings. The summed E-state index contributed by atoms with van der Waals surface area (Å²) in [5.41, 5.74) is 4.26. The number of rotatable bonds is 3. The largest absolute Gasteiger partial charge is 0.324 e. The quantitative estimate of drug-likeness (QED) is 0.678. The van der Waals surface area contributed by atoms with Gasteiger partial charge in [-0.05, 0) is 41.8 Å². The Labute approximate surface area is 175 Å². The minimum atomic E-state index is -0.617. The molecule has 4 nitrogen and oxygen atoms in total. The first-order chi connectivity index (χ1) is 14.0. The Kier molecular flexibility index (Phi) is 5.36. The van der Waals surface area contributed by atoms with Gasteiger partial charge in [-0.25, -0.2) is 0 Å². The first-order valence-corrected chi connectivity index (χ1v) is 9.91. The Morgan fingerprint density at radius 3 is 2.34 bits per heavy atom. The number of carbonyl (C=O) groups is 2. The van der Waals surface area contributed by atoms with Crippen LogP contribution in [0.2, 0.25) is 5.02 Å². The second-order valence-corrected chi connectivity index (χ2v) is 7.61. The van der Waals surface area contributed by atoms with Gasteiger partial charge in [0.25, 0.3) is 5.91 Å². The molecule has 1 N–H and O–H groups in total. The summed E-state index contributed by atoms with van der Waals surface area (Å²) in [5.74, 6) is -0.441. The number of anilines is 1. The third-order valence-electron chi connectivity index (χ3n) is 5.32. The van der Waals surface area contributed by atoms with Gasteiger partial charge in [0.1, 0.15) is 6.04 Å². The molecule has 29 heavy (non-hydrogen) atoms. The Hall–Kier alpha value is -3.11. The van der Waals surface area contributed by atoms with Crippen molar-refractivity contribution in [2.75, 3.05) is 5.32 Å². The number of fused-ring (bicyclic) bond motifs is 1. The van der Waals surface area contributed by atoms with Crippen LogP contribution in [0.1, 0.15) is 27.0 Å². The molecule has 0 aliphatic carbocycles. The third kappa shape index (κ3) is 3.89. The number of hydrogen-bond donors (Lipinski definition) is 1. The van der Waals surface area contributed by atoms with E-state index in [1.54, 1.807) is 29.2 Å². The van der Waals surface area contributed by atoms with Gasteiger partial charge in [0.15, 0.2) is 0 Å². The van der Waals surface area contributed by atoms with Gasteiger partial charge in [0.05, 0.1) is 10.6 Å². The molecule has 5 heteroatoms. The second-order valence-electron chi connectivity index (χ2n) is 7.21. The van der Waals surface area contributed by atoms with Crippen LogP contribution in [0.4, 0.5) is 5.69 Å². The molecular formula is C24H21ClN2O2. The summed E-state index contributed by atoms with van der Waals surface area (Å²) in [6.07, 6.45) is 0.462. The van der Waals surface area contributed by atoms with Crippen molar-refractivity contribution in [2.24, 2.45) is 0 Å². The van der Waals surface area contributed by atoms with Gasteiger partial charge >= 0.3 is 0 Å². The number of carbonyl (C=O) groups excluding carboxylic acids is 2. The molecule has 1 unspecified atom stereocenters. The van der Waals surface area contributed by atoms with Gasteiger partial charge < -0.3 is 10.2 Å². The summed E-state index contributed by atoms with van der Waals surface area (Å²) in [6, 6.07) is 21.9. The second kappa shape index (κ2) is 8.10. The predicted octanol–water partition coefficient (Wildman–Crippen LogP) is 4.85. The number of halogens is 1. The maximum absolute atomic E-state index is 13.3. The normalized spacial score (nSPS) is 15.5. The lowest BCUT2D eigenvalue weighted by molar-refractivity contribution is -0.121. The van der Waals surface area contributed by atoms with Gasteiger partial charge in [0, 0.05) is 18.7 Å². The van der Waals surface area contributed by atoms with Gasteiger partial charge in [-0.3, -0.25) is 9.59 Å². The zero-order chi connectivity index (χ0) is 20.4. The van der Waals surface area contributed by atoms with E-state index in [2.05, 4.69) is 5.32 Å². The minimum absolute atomic E-state index is 0.200. The van der Waals surface area contributed by atoms with E-state index in [0.717, 1.165) is 22.4 Å². The van der Waals surface area contributed by atoms with Crippen molar-refractivity contribution >= 4 is 29.1 Å². The van der Waals surface area contributed by atoms with Gasteiger partial charge in [0.2, 0.25) is 5.91 Å². The molecule has 0 fully saturated rings. The molecule has 1 aliphatic heterocycles. The van der Waals surface area contributed by atoms with E-state index in [9.17, 15) is 9.59 Å². The zero-order valence-corrected chi connectivity index (χ0v) is 16.8. The Bertz CT molecular complexity index is 1080. The van der Waals surface area contributed by atoms with E-state index in [1.165, 1.54) is 0 Å². The number of para-hydroxylation sites is 1. The van der Waals surface area contributed by atoms with Crippen molar-refractivity contribution in [3.63, 3.8) is 0 Å². The van der Waals surface area contributed by atoms with Crippen LogP contribution in [0, 0.1) is 6.92 Å². The minimum Gasteiger partial charge on any atom is -0.324 e. The SMILES string of the molecule is Cc1ccccc1NC(=O)C1Cc2ccccc2CN1C(=O)c1ccccc1Cl. The number of amides is 2. The summed E-state index contributed by atoms with van der Waals surface area (Å²) in [6.45, 7) is 2.31. The van der Waals surface area contributed by atoms with Crippen molar-refractivity contribution in [1.29, 1.82) is 0 Å². The smallest absolute Gasteiger partial charge is 0.256 e. The fourth-order valence-electron chi connectivity index (χ4n) is 3.69. The van der Waals surface area contributed by atoms with Crippen LogP contribution in [0.5, 0.6) is 0 Å². The number of nitrogens with one attached hydrogen (secondary N) is 1. The summed E-state index contributed by atoms with van der Waals surface area (Å²) >= 11 is 6.27. The summed E-state index contributed by atoms with van der Waals surface area (Å²) in [7, 11) is 0. The molecule has 0 radical (unpaired) electrons. The van der Waals surface area contributed by atoms with Crippen molar-refractivity contribution < 1.29 is 9.59 Å². The molecule has 146 valence electrons. The van der Waals surface area contributed by atoms with Crippen LogP contribution in [0.25, 0.3) is 0 Å². The fourth-order valence-corrected chi connectivity index (χ4v) is 3.91. The average Bonchev–Trinajstić information content (AvgIpc) is 2.74. The molecule has 2 amide bonds. The molecule has 0 aromatic heterocycles. The first kappa shape index (κ1) is 19.2. The Balaban J connectivity index is 1.68. The van der Waals surface area contributed by atoms with Crippen LogP contribution in [0.3, 0.4) is 0 Å². The van der Waals surface area contributed by atoms with Crippen molar-refractivity contribution in [3.8, 4) is 0 Å². The van der Waals surface area contributed by atoms with Gasteiger partial charge in [-0.2, -0.15) is 0 Å². The highest BCUT2D eigenvalue weighted by Crippen LogP contribution is 2.28. The standard InChI is InChI=1S/C24H21ClN2O2/c1-16-8-2-7-13-21(16)26-23(28)22-14-17-9-3-4-10-18(17)15-27(22)24(29)19-11-5-6-12-20(19)25/h2-13,22H,14-15H2,1H3,(H,26,28). The molecule has 0 saturated heterocycles. The highest BCUT2D eigenvalue weighted by atomic mass is 35.5. The Morgan fingerprint density at radius 1 is 0.931 bits per heavy atom. The molecule has 1 atom stereocenters. The van der Waals surface area contributed by atoms with E-state index in [-0.39, 0.29) is 11.8 Å². The average molecular weight is 405 g/mol. The lowest BCUT2D eigenvalue weighted by atomic mass is 9.92. The predicted molar refractivity (Wildman–Crippen MR) is 115 cm³/mol. The topological polar surface area (TPSA) is 49.4 Å². The monoisotopic (exact) mass is 404 g/mol. The lowest BCUT2D eigenvalue weighted by Gasteiger charge is -2.36. The molecule has 1 heterocycles. The van der Waals surface area contributed by atoms with Crippen molar-refractivity contribution in [2.45, 2.75) is 25.9 Å². The molecule has 0 saturated carbocycles.